The van der Waals surface area contributed by atoms with Crippen LogP contribution in [0.1, 0.15) is 35.2 Å². The second-order valence-electron chi connectivity index (χ2n) is 7.94. The van der Waals surface area contributed by atoms with Gasteiger partial charge in [0.1, 0.15) is 19.0 Å². The van der Waals surface area contributed by atoms with E-state index in [1.54, 1.807) is 6.92 Å². The maximum atomic E-state index is 13.1. The lowest BCUT2D eigenvalue weighted by Gasteiger charge is -2.29. The van der Waals surface area contributed by atoms with E-state index in [4.69, 9.17) is 9.47 Å². The van der Waals surface area contributed by atoms with Gasteiger partial charge < -0.3 is 20.1 Å². The molecule has 0 aliphatic carbocycles. The lowest BCUT2D eigenvalue weighted by molar-refractivity contribution is -0.140. The Morgan fingerprint density at radius 2 is 1.52 bits per heavy atom. The standard InChI is InChI=1S/C27H26N2O4/c1-18-12-14-21(15-13-18)17-33-26(30)24-19(2)28-27(31)29-25(24)22-10-6-7-11-23(22)32-16-20-8-4-3-5-9-20/h3-15,25H,16-17H2,1-2H3,(H2,28,29,31). The highest BCUT2D eigenvalue weighted by molar-refractivity contribution is 5.95. The van der Waals surface area contributed by atoms with Gasteiger partial charge in [0, 0.05) is 11.3 Å². The minimum Gasteiger partial charge on any atom is -0.489 e. The first-order chi connectivity index (χ1) is 16.0. The fourth-order valence-electron chi connectivity index (χ4n) is 3.69. The van der Waals surface area contributed by atoms with Gasteiger partial charge in [0.2, 0.25) is 0 Å². The normalized spacial score (nSPS) is 15.5. The van der Waals surface area contributed by atoms with Crippen molar-refractivity contribution in [2.75, 3.05) is 0 Å². The number of allylic oxidation sites excluding steroid dienone is 1. The molecule has 0 saturated carbocycles. The summed E-state index contributed by atoms with van der Waals surface area (Å²) in [7, 11) is 0. The summed E-state index contributed by atoms with van der Waals surface area (Å²) in [6.45, 7) is 4.21. The van der Waals surface area contributed by atoms with Crippen LogP contribution in [-0.2, 0) is 22.7 Å². The van der Waals surface area contributed by atoms with E-state index in [1.165, 1.54) is 0 Å². The topological polar surface area (TPSA) is 76.7 Å². The molecule has 2 N–H and O–H groups in total. The zero-order valence-electron chi connectivity index (χ0n) is 18.6. The van der Waals surface area contributed by atoms with Crippen LogP contribution >= 0.6 is 0 Å². The van der Waals surface area contributed by atoms with Crippen LogP contribution in [-0.4, -0.2) is 12.0 Å². The average molecular weight is 443 g/mol. The summed E-state index contributed by atoms with van der Waals surface area (Å²) in [5, 5.41) is 5.53. The van der Waals surface area contributed by atoms with Crippen LogP contribution in [0.3, 0.4) is 0 Å². The largest absolute Gasteiger partial charge is 0.489 e. The van der Waals surface area contributed by atoms with Gasteiger partial charge in [-0.25, -0.2) is 9.59 Å². The number of carbonyl (C=O) groups excluding carboxylic acids is 2. The van der Waals surface area contributed by atoms with Crippen molar-refractivity contribution in [3.63, 3.8) is 0 Å². The Morgan fingerprint density at radius 3 is 2.27 bits per heavy atom. The maximum absolute atomic E-state index is 13.1. The summed E-state index contributed by atoms with van der Waals surface area (Å²) < 4.78 is 11.7. The third kappa shape index (κ3) is 5.41. The molecule has 3 aromatic carbocycles. The molecule has 33 heavy (non-hydrogen) atoms. The van der Waals surface area contributed by atoms with Gasteiger partial charge in [0.15, 0.2) is 0 Å². The quantitative estimate of drug-likeness (QED) is 0.508. The fraction of sp³-hybridized carbons (Fsp3) is 0.185. The number of nitrogens with one attached hydrogen (secondary N) is 2. The molecule has 0 spiro atoms. The molecule has 168 valence electrons. The summed E-state index contributed by atoms with van der Waals surface area (Å²) >= 11 is 0. The third-order valence-corrected chi connectivity index (χ3v) is 5.45. The molecule has 1 atom stereocenters. The number of rotatable bonds is 7. The molecule has 4 rings (SSSR count). The molecular weight excluding hydrogens is 416 g/mol. The first kappa shape index (κ1) is 22.1. The van der Waals surface area contributed by atoms with Gasteiger partial charge in [-0.05, 0) is 31.0 Å². The van der Waals surface area contributed by atoms with E-state index in [0.29, 0.717) is 29.2 Å². The lowest BCUT2D eigenvalue weighted by Crippen LogP contribution is -2.45. The lowest BCUT2D eigenvalue weighted by atomic mass is 9.95. The van der Waals surface area contributed by atoms with Gasteiger partial charge in [-0.15, -0.1) is 0 Å². The van der Waals surface area contributed by atoms with E-state index in [1.807, 2.05) is 85.8 Å². The molecule has 1 aliphatic rings. The highest BCUT2D eigenvalue weighted by atomic mass is 16.5. The molecular formula is C27H26N2O4. The first-order valence-electron chi connectivity index (χ1n) is 10.8. The second kappa shape index (κ2) is 10.0. The van der Waals surface area contributed by atoms with Crippen LogP contribution < -0.4 is 15.4 Å². The van der Waals surface area contributed by atoms with E-state index < -0.39 is 12.0 Å². The van der Waals surface area contributed by atoms with Gasteiger partial charge in [-0.3, -0.25) is 0 Å². The maximum Gasteiger partial charge on any atom is 0.338 e. The van der Waals surface area contributed by atoms with Crippen molar-refractivity contribution in [2.45, 2.75) is 33.1 Å². The van der Waals surface area contributed by atoms with Crippen LogP contribution in [0.4, 0.5) is 4.79 Å². The molecule has 2 amide bonds. The number of amides is 2. The Bertz CT molecular complexity index is 1170. The van der Waals surface area contributed by atoms with Crippen molar-refractivity contribution in [1.82, 2.24) is 10.6 Å². The molecule has 6 heteroatoms. The summed E-state index contributed by atoms with van der Waals surface area (Å²) in [4.78, 5) is 25.4. The summed E-state index contributed by atoms with van der Waals surface area (Å²) in [5.41, 5.74) is 4.53. The Kier molecular flexibility index (Phi) is 6.74. The van der Waals surface area contributed by atoms with Crippen molar-refractivity contribution < 1.29 is 19.1 Å². The molecule has 6 nitrogen and oxygen atoms in total. The zero-order valence-corrected chi connectivity index (χ0v) is 18.6. The molecule has 1 heterocycles. The van der Waals surface area contributed by atoms with E-state index in [-0.39, 0.29) is 12.6 Å². The van der Waals surface area contributed by atoms with Crippen molar-refractivity contribution in [3.05, 3.63) is 112 Å². The monoisotopic (exact) mass is 442 g/mol. The number of aryl methyl sites for hydroxylation is 1. The number of ether oxygens (including phenoxy) is 2. The Morgan fingerprint density at radius 1 is 0.848 bits per heavy atom. The smallest absolute Gasteiger partial charge is 0.338 e. The molecule has 1 unspecified atom stereocenters. The predicted octanol–water partition coefficient (Wildman–Crippen LogP) is 4.95. The number of urea groups is 1. The van der Waals surface area contributed by atoms with Gasteiger partial charge in [0.05, 0.1) is 11.6 Å². The minimum absolute atomic E-state index is 0.142. The number of para-hydroxylation sites is 1. The average Bonchev–Trinajstić information content (AvgIpc) is 2.82. The first-order valence-corrected chi connectivity index (χ1v) is 10.8. The number of carbonyl (C=O) groups is 2. The highest BCUT2D eigenvalue weighted by Crippen LogP contribution is 2.34. The molecule has 3 aromatic rings. The van der Waals surface area contributed by atoms with E-state index in [2.05, 4.69) is 10.6 Å². The minimum atomic E-state index is -0.698. The van der Waals surface area contributed by atoms with Gasteiger partial charge in [-0.1, -0.05) is 78.4 Å². The molecule has 0 radical (unpaired) electrons. The van der Waals surface area contributed by atoms with Gasteiger partial charge >= 0.3 is 12.0 Å². The molecule has 0 fully saturated rings. The fourth-order valence-corrected chi connectivity index (χ4v) is 3.69. The van der Waals surface area contributed by atoms with Crippen LogP contribution in [0.2, 0.25) is 0 Å². The highest BCUT2D eigenvalue weighted by Gasteiger charge is 2.34. The summed E-state index contributed by atoms with van der Waals surface area (Å²) in [6, 6.07) is 23.9. The number of hydrogen-bond donors (Lipinski definition) is 2. The molecule has 1 aliphatic heterocycles. The predicted molar refractivity (Wildman–Crippen MR) is 125 cm³/mol. The molecule has 0 aromatic heterocycles. The third-order valence-electron chi connectivity index (χ3n) is 5.45. The number of esters is 1. The molecule has 0 bridgehead atoms. The zero-order chi connectivity index (χ0) is 23.2. The molecule has 0 saturated heterocycles. The van der Waals surface area contributed by atoms with E-state index in [9.17, 15) is 9.59 Å². The Hall–Kier alpha value is -4.06. The number of hydrogen-bond acceptors (Lipinski definition) is 4. The van der Waals surface area contributed by atoms with Crippen molar-refractivity contribution >= 4 is 12.0 Å². The number of benzene rings is 3. The van der Waals surface area contributed by atoms with E-state index in [0.717, 1.165) is 16.7 Å². The van der Waals surface area contributed by atoms with Gasteiger partial charge in [-0.2, -0.15) is 0 Å². The van der Waals surface area contributed by atoms with Gasteiger partial charge in [0.25, 0.3) is 0 Å². The Balaban J connectivity index is 1.57. The van der Waals surface area contributed by atoms with Crippen molar-refractivity contribution in [3.8, 4) is 5.75 Å². The summed E-state index contributed by atoms with van der Waals surface area (Å²) in [5.74, 6) is 0.0913. The second-order valence-corrected chi connectivity index (χ2v) is 7.94. The SMILES string of the molecule is CC1=C(C(=O)OCc2ccc(C)cc2)C(c2ccccc2OCc2ccccc2)NC(=O)N1. The Labute approximate surface area is 193 Å². The van der Waals surface area contributed by atoms with Crippen molar-refractivity contribution in [1.29, 1.82) is 0 Å². The summed E-state index contributed by atoms with van der Waals surface area (Å²) in [6.07, 6.45) is 0. The van der Waals surface area contributed by atoms with Crippen LogP contribution in [0.25, 0.3) is 0 Å². The van der Waals surface area contributed by atoms with E-state index >= 15 is 0 Å². The van der Waals surface area contributed by atoms with Crippen LogP contribution in [0, 0.1) is 6.92 Å². The van der Waals surface area contributed by atoms with Crippen molar-refractivity contribution in [2.24, 2.45) is 0 Å². The van der Waals surface area contributed by atoms with Crippen LogP contribution in [0.5, 0.6) is 5.75 Å². The van der Waals surface area contributed by atoms with Crippen LogP contribution in [0.15, 0.2) is 90.1 Å².